The first-order chi connectivity index (χ1) is 16.5. The summed E-state index contributed by atoms with van der Waals surface area (Å²) < 4.78 is 18.1. The van der Waals surface area contributed by atoms with Gasteiger partial charge in [-0.15, -0.1) is 0 Å². The van der Waals surface area contributed by atoms with Gasteiger partial charge in [0.25, 0.3) is 0 Å². The van der Waals surface area contributed by atoms with Crippen molar-refractivity contribution >= 4 is 17.6 Å². The Hall–Kier alpha value is -3.23. The number of halogens is 1. The fourth-order valence-corrected chi connectivity index (χ4v) is 3.88. The van der Waals surface area contributed by atoms with E-state index in [1.807, 2.05) is 30.3 Å². The van der Waals surface area contributed by atoms with Gasteiger partial charge in [0.2, 0.25) is 0 Å². The monoisotopic (exact) mass is 485 g/mol. The van der Waals surface area contributed by atoms with Crippen molar-refractivity contribution in [3.05, 3.63) is 70.0 Å². The van der Waals surface area contributed by atoms with Gasteiger partial charge in [-0.05, 0) is 42.7 Å². The largest absolute Gasteiger partial charge is 0.497 e. The van der Waals surface area contributed by atoms with E-state index in [0.717, 1.165) is 41.2 Å². The number of carboxylic acid groups (broad SMARTS) is 1. The first-order valence-corrected chi connectivity index (χ1v) is 11.5. The molecule has 1 aliphatic carbocycles. The van der Waals surface area contributed by atoms with E-state index in [1.54, 1.807) is 26.4 Å². The van der Waals surface area contributed by atoms with Gasteiger partial charge >= 0.3 is 5.97 Å². The Kier molecular flexibility index (Phi) is 7.59. The molecule has 0 amide bonds. The normalized spacial score (nSPS) is 13.0. The van der Waals surface area contributed by atoms with Crippen molar-refractivity contribution in [1.82, 2.24) is 15.1 Å². The average Bonchev–Trinajstić information content (AvgIpc) is 3.60. The van der Waals surface area contributed by atoms with Gasteiger partial charge in [-0.25, -0.2) is 4.79 Å². The van der Waals surface area contributed by atoms with Crippen LogP contribution in [0.5, 0.6) is 17.2 Å². The molecule has 3 aromatic rings. The maximum atomic E-state index is 11.5. The number of carboxylic acids is 1. The molecule has 180 valence electrons. The highest BCUT2D eigenvalue weighted by Crippen LogP contribution is 2.39. The predicted octanol–water partition coefficient (Wildman–Crippen LogP) is 4.50. The predicted molar refractivity (Wildman–Crippen MR) is 128 cm³/mol. The second-order valence-corrected chi connectivity index (χ2v) is 8.56. The maximum Gasteiger partial charge on any atom is 0.354 e. The molecule has 2 N–H and O–H groups in total. The van der Waals surface area contributed by atoms with Crippen molar-refractivity contribution in [3.63, 3.8) is 0 Å². The lowest BCUT2D eigenvalue weighted by atomic mass is 10.1. The minimum absolute atomic E-state index is 0.184. The Bertz CT molecular complexity index is 1160. The van der Waals surface area contributed by atoms with E-state index < -0.39 is 5.97 Å². The van der Waals surface area contributed by atoms with Crippen molar-refractivity contribution in [2.75, 3.05) is 20.8 Å². The SMILES string of the molecule is COc1ccc(CNCc2ccc(Cl)c(OCCn3nc(C4CC4)cc3C(=O)O)c2)c(OC)c1. The average molecular weight is 486 g/mol. The first-order valence-electron chi connectivity index (χ1n) is 11.1. The molecule has 1 heterocycles. The van der Waals surface area contributed by atoms with Crippen LogP contribution in [0, 0.1) is 0 Å². The zero-order valence-electron chi connectivity index (χ0n) is 19.2. The highest BCUT2D eigenvalue weighted by molar-refractivity contribution is 6.32. The van der Waals surface area contributed by atoms with Crippen LogP contribution in [-0.2, 0) is 19.6 Å². The highest BCUT2D eigenvalue weighted by atomic mass is 35.5. The fourth-order valence-electron chi connectivity index (χ4n) is 3.71. The molecule has 8 nitrogen and oxygen atoms in total. The molecular weight excluding hydrogens is 458 g/mol. The number of hydrogen-bond acceptors (Lipinski definition) is 6. The summed E-state index contributed by atoms with van der Waals surface area (Å²) in [6.45, 7) is 1.80. The maximum absolute atomic E-state index is 11.5. The molecule has 34 heavy (non-hydrogen) atoms. The Morgan fingerprint density at radius 1 is 1.12 bits per heavy atom. The molecule has 0 bridgehead atoms. The number of aromatic nitrogens is 2. The number of ether oxygens (including phenoxy) is 3. The lowest BCUT2D eigenvalue weighted by molar-refractivity contribution is 0.0682. The van der Waals surface area contributed by atoms with E-state index in [0.29, 0.717) is 36.3 Å². The number of rotatable bonds is 12. The molecule has 2 aromatic carbocycles. The summed E-state index contributed by atoms with van der Waals surface area (Å²) in [7, 11) is 3.26. The minimum Gasteiger partial charge on any atom is -0.497 e. The van der Waals surface area contributed by atoms with Crippen LogP contribution in [-0.4, -0.2) is 41.7 Å². The Morgan fingerprint density at radius 3 is 2.65 bits per heavy atom. The summed E-state index contributed by atoms with van der Waals surface area (Å²) in [5, 5.41) is 17.8. The van der Waals surface area contributed by atoms with E-state index in [1.165, 1.54) is 4.68 Å². The van der Waals surface area contributed by atoms with Crippen LogP contribution in [0.4, 0.5) is 0 Å². The summed E-state index contributed by atoms with van der Waals surface area (Å²) in [6, 6.07) is 13.0. The minimum atomic E-state index is -0.987. The Labute approximate surface area is 203 Å². The fraction of sp³-hybridized carbons (Fsp3) is 0.360. The molecular formula is C25H28ClN3O5. The third-order valence-electron chi connectivity index (χ3n) is 5.71. The standard InChI is InChI=1S/C25H28ClN3O5/c1-32-19-7-6-18(23(12-19)33-2)15-27-14-16-3-8-20(26)24(11-16)34-10-9-29-22(25(30)31)13-21(28-29)17-4-5-17/h3,6-8,11-13,17,27H,4-5,9-10,14-15H2,1-2H3,(H,30,31). The number of carbonyl (C=O) groups is 1. The lowest BCUT2D eigenvalue weighted by Crippen LogP contribution is -2.16. The van der Waals surface area contributed by atoms with Gasteiger partial charge in [-0.3, -0.25) is 4.68 Å². The zero-order valence-corrected chi connectivity index (χ0v) is 20.0. The van der Waals surface area contributed by atoms with E-state index in [9.17, 15) is 9.90 Å². The van der Waals surface area contributed by atoms with Crippen LogP contribution >= 0.6 is 11.6 Å². The van der Waals surface area contributed by atoms with Crippen molar-refractivity contribution in [2.24, 2.45) is 0 Å². The van der Waals surface area contributed by atoms with E-state index in [-0.39, 0.29) is 12.3 Å². The van der Waals surface area contributed by atoms with Crippen LogP contribution in [0.2, 0.25) is 5.02 Å². The van der Waals surface area contributed by atoms with Gasteiger partial charge in [0.1, 0.15) is 29.5 Å². The number of nitrogens with zero attached hydrogens (tertiary/aromatic N) is 2. The van der Waals surface area contributed by atoms with Crippen molar-refractivity contribution < 1.29 is 24.1 Å². The number of hydrogen-bond donors (Lipinski definition) is 2. The summed E-state index contributed by atoms with van der Waals surface area (Å²) in [5.74, 6) is 1.45. The molecule has 9 heteroatoms. The molecule has 0 spiro atoms. The molecule has 0 saturated heterocycles. The van der Waals surface area contributed by atoms with Crippen LogP contribution in [0.15, 0.2) is 42.5 Å². The quantitative estimate of drug-likeness (QED) is 0.390. The molecule has 0 aliphatic heterocycles. The van der Waals surface area contributed by atoms with Gasteiger partial charge in [-0.1, -0.05) is 23.7 Å². The lowest BCUT2D eigenvalue weighted by Gasteiger charge is -2.13. The van der Waals surface area contributed by atoms with Gasteiger partial charge in [0.15, 0.2) is 0 Å². The Balaban J connectivity index is 1.33. The number of aromatic carboxylic acids is 1. The van der Waals surface area contributed by atoms with Gasteiger partial charge in [-0.2, -0.15) is 5.10 Å². The van der Waals surface area contributed by atoms with Crippen LogP contribution < -0.4 is 19.5 Å². The summed E-state index contributed by atoms with van der Waals surface area (Å²) in [4.78, 5) is 11.5. The van der Waals surface area contributed by atoms with E-state index in [4.69, 9.17) is 25.8 Å². The first kappa shape index (κ1) is 23.9. The molecule has 4 rings (SSSR count). The topological polar surface area (TPSA) is 94.8 Å². The van der Waals surface area contributed by atoms with Gasteiger partial charge < -0.3 is 24.6 Å². The molecule has 1 aromatic heterocycles. The van der Waals surface area contributed by atoms with Crippen molar-refractivity contribution in [3.8, 4) is 17.2 Å². The van der Waals surface area contributed by atoms with Gasteiger partial charge in [0, 0.05) is 30.6 Å². The number of nitrogens with one attached hydrogen (secondary N) is 1. The summed E-state index contributed by atoms with van der Waals surface area (Å²) in [5.41, 5.74) is 3.06. The molecule has 1 fully saturated rings. The molecule has 1 aliphatic rings. The van der Waals surface area contributed by atoms with Crippen molar-refractivity contribution in [2.45, 2.75) is 38.4 Å². The van der Waals surface area contributed by atoms with Crippen LogP contribution in [0.25, 0.3) is 0 Å². The molecule has 0 radical (unpaired) electrons. The second-order valence-electron chi connectivity index (χ2n) is 8.15. The Morgan fingerprint density at radius 2 is 1.94 bits per heavy atom. The van der Waals surface area contributed by atoms with E-state index >= 15 is 0 Å². The molecule has 1 saturated carbocycles. The summed E-state index contributed by atoms with van der Waals surface area (Å²) in [6.07, 6.45) is 2.13. The smallest absolute Gasteiger partial charge is 0.354 e. The summed E-state index contributed by atoms with van der Waals surface area (Å²) >= 11 is 6.32. The zero-order chi connectivity index (χ0) is 24.1. The number of methoxy groups -OCH3 is 2. The number of benzene rings is 2. The van der Waals surface area contributed by atoms with Crippen LogP contribution in [0.3, 0.4) is 0 Å². The van der Waals surface area contributed by atoms with Gasteiger partial charge in [0.05, 0.1) is 31.5 Å². The second kappa shape index (κ2) is 10.8. The third kappa shape index (κ3) is 5.81. The highest BCUT2D eigenvalue weighted by Gasteiger charge is 2.28. The molecule has 0 atom stereocenters. The third-order valence-corrected chi connectivity index (χ3v) is 6.02. The molecule has 0 unspecified atom stereocenters. The van der Waals surface area contributed by atoms with E-state index in [2.05, 4.69) is 10.4 Å². The van der Waals surface area contributed by atoms with Crippen LogP contribution in [0.1, 0.15) is 46.1 Å². The van der Waals surface area contributed by atoms with Crippen molar-refractivity contribution in [1.29, 1.82) is 0 Å².